The first-order valence-electron chi connectivity index (χ1n) is 4.83. The maximum atomic E-state index is 12.6. The van der Waals surface area contributed by atoms with Crippen LogP contribution in [0.15, 0.2) is 22.7 Å². The monoisotopic (exact) mass is 328 g/mol. The maximum absolute atomic E-state index is 12.6. The highest BCUT2D eigenvalue weighted by Gasteiger charge is 2.41. The normalized spacial score (nSPS) is 11.7. The molecule has 0 aromatic heterocycles. The van der Waals surface area contributed by atoms with Gasteiger partial charge in [-0.1, -0.05) is 0 Å². The van der Waals surface area contributed by atoms with E-state index in [9.17, 15) is 22.4 Å². The van der Waals surface area contributed by atoms with Crippen LogP contribution in [0.5, 0.6) is 5.75 Å². The van der Waals surface area contributed by atoms with E-state index in [1.807, 2.05) is 0 Å². The van der Waals surface area contributed by atoms with E-state index in [1.54, 1.807) is 0 Å². The Kier molecular flexibility index (Phi) is 4.72. The largest absolute Gasteiger partial charge is 0.487 e. The van der Waals surface area contributed by atoms with Crippen molar-refractivity contribution in [1.82, 2.24) is 0 Å². The van der Waals surface area contributed by atoms with E-state index in [2.05, 4.69) is 20.7 Å². The molecule has 1 aromatic rings. The van der Waals surface area contributed by atoms with Crippen molar-refractivity contribution in [2.24, 2.45) is 0 Å². The first-order valence-corrected chi connectivity index (χ1v) is 5.62. The number of halogens is 5. The van der Waals surface area contributed by atoms with E-state index in [1.165, 1.54) is 25.1 Å². The van der Waals surface area contributed by atoms with Gasteiger partial charge in [-0.15, -0.1) is 0 Å². The van der Waals surface area contributed by atoms with E-state index in [0.717, 1.165) is 0 Å². The van der Waals surface area contributed by atoms with Crippen LogP contribution in [-0.4, -0.2) is 24.7 Å². The van der Waals surface area contributed by atoms with E-state index in [4.69, 9.17) is 0 Å². The van der Waals surface area contributed by atoms with Crippen LogP contribution in [0.4, 0.5) is 17.6 Å². The van der Waals surface area contributed by atoms with E-state index < -0.39 is 19.0 Å². The maximum Gasteiger partial charge on any atom is 0.340 e. The van der Waals surface area contributed by atoms with Crippen LogP contribution in [0.25, 0.3) is 0 Å². The number of ketones is 1. The summed E-state index contributed by atoms with van der Waals surface area (Å²) in [6, 6.07) is 3.91. The van der Waals surface area contributed by atoms with Crippen LogP contribution in [0.3, 0.4) is 0 Å². The number of benzene rings is 1. The van der Waals surface area contributed by atoms with E-state index in [-0.39, 0.29) is 11.5 Å². The number of Topliss-reactive ketones (excluding diaryl/α,β-unsaturated/α-hetero) is 1. The summed E-state index contributed by atoms with van der Waals surface area (Å²) < 4.78 is 53.9. The topological polar surface area (TPSA) is 26.3 Å². The second-order valence-corrected chi connectivity index (χ2v) is 4.40. The van der Waals surface area contributed by atoms with Crippen molar-refractivity contribution in [1.29, 1.82) is 0 Å². The molecule has 1 aromatic carbocycles. The molecule has 0 amide bonds. The number of ether oxygens (including phenoxy) is 1. The molecule has 0 spiro atoms. The van der Waals surface area contributed by atoms with Gasteiger partial charge >= 0.3 is 12.3 Å². The Balaban J connectivity index is 2.76. The summed E-state index contributed by atoms with van der Waals surface area (Å²) >= 11 is 3.06. The van der Waals surface area contributed by atoms with Gasteiger partial charge in [0.2, 0.25) is 0 Å². The van der Waals surface area contributed by atoms with Gasteiger partial charge in [0, 0.05) is 10.0 Å². The number of carbonyl (C=O) groups excluding carboxylic acids is 1. The quantitative estimate of drug-likeness (QED) is 0.604. The molecular weight excluding hydrogens is 320 g/mol. The average molecular weight is 329 g/mol. The number of hydrogen-bond acceptors (Lipinski definition) is 2. The van der Waals surface area contributed by atoms with Crippen molar-refractivity contribution >= 4 is 21.7 Å². The Labute approximate surface area is 109 Å². The van der Waals surface area contributed by atoms with Gasteiger partial charge in [0.15, 0.2) is 12.4 Å². The molecule has 0 aliphatic carbocycles. The second-order valence-electron chi connectivity index (χ2n) is 3.55. The van der Waals surface area contributed by atoms with Crippen LogP contribution < -0.4 is 4.74 Å². The van der Waals surface area contributed by atoms with Gasteiger partial charge in [-0.25, -0.2) is 8.78 Å². The standard InChI is InChI=1S/C11H9BrF4O2/c1-6(17)8-3-2-7(4-9(8)12)18-5-11(15,16)10(13)14/h2-4,10H,5H2,1H3. The van der Waals surface area contributed by atoms with Gasteiger partial charge in [0.25, 0.3) is 0 Å². The molecular formula is C11H9BrF4O2. The Bertz CT molecular complexity index is 449. The van der Waals surface area contributed by atoms with Gasteiger partial charge in [0.05, 0.1) is 0 Å². The van der Waals surface area contributed by atoms with Crippen LogP contribution in [0, 0.1) is 0 Å². The highest BCUT2D eigenvalue weighted by Crippen LogP contribution is 2.27. The van der Waals surface area contributed by atoms with Gasteiger partial charge in [-0.3, -0.25) is 4.79 Å². The predicted octanol–water partition coefficient (Wildman–Crippen LogP) is 3.93. The summed E-state index contributed by atoms with van der Waals surface area (Å²) in [4.78, 5) is 11.1. The van der Waals surface area contributed by atoms with Gasteiger partial charge in [-0.05, 0) is 41.1 Å². The Morgan fingerprint density at radius 2 is 2.06 bits per heavy atom. The highest BCUT2D eigenvalue weighted by atomic mass is 79.9. The molecule has 2 nitrogen and oxygen atoms in total. The van der Waals surface area contributed by atoms with E-state index >= 15 is 0 Å². The Morgan fingerprint density at radius 3 is 2.50 bits per heavy atom. The van der Waals surface area contributed by atoms with Gasteiger partial charge in [0.1, 0.15) is 5.75 Å². The third kappa shape index (κ3) is 3.69. The Morgan fingerprint density at radius 1 is 1.44 bits per heavy atom. The molecule has 100 valence electrons. The smallest absolute Gasteiger partial charge is 0.340 e. The fourth-order valence-electron chi connectivity index (χ4n) is 1.11. The molecule has 7 heteroatoms. The molecule has 0 bridgehead atoms. The van der Waals surface area contributed by atoms with Crippen LogP contribution in [0.1, 0.15) is 17.3 Å². The van der Waals surface area contributed by atoms with Crippen molar-refractivity contribution in [2.75, 3.05) is 6.61 Å². The van der Waals surface area contributed by atoms with Crippen molar-refractivity contribution < 1.29 is 27.1 Å². The summed E-state index contributed by atoms with van der Waals surface area (Å²) in [6.07, 6.45) is -3.78. The van der Waals surface area contributed by atoms with Crippen LogP contribution >= 0.6 is 15.9 Å². The molecule has 0 radical (unpaired) electrons. The Hall–Kier alpha value is -1.11. The molecule has 18 heavy (non-hydrogen) atoms. The highest BCUT2D eigenvalue weighted by molar-refractivity contribution is 9.10. The first-order chi connectivity index (χ1) is 8.24. The summed E-state index contributed by atoms with van der Waals surface area (Å²) in [5, 5.41) is 0. The van der Waals surface area contributed by atoms with Gasteiger partial charge in [-0.2, -0.15) is 8.78 Å². The molecule has 0 saturated carbocycles. The molecule has 0 saturated heterocycles. The molecule has 0 N–H and O–H groups in total. The van der Waals surface area contributed by atoms with Crippen LogP contribution in [-0.2, 0) is 0 Å². The minimum absolute atomic E-state index is 0.0211. The molecule has 0 aliphatic heterocycles. The zero-order chi connectivity index (χ0) is 13.9. The SMILES string of the molecule is CC(=O)c1ccc(OCC(F)(F)C(F)F)cc1Br. The number of carbonyl (C=O) groups is 1. The lowest BCUT2D eigenvalue weighted by Gasteiger charge is -2.16. The van der Waals surface area contributed by atoms with E-state index in [0.29, 0.717) is 10.0 Å². The summed E-state index contributed by atoms with van der Waals surface area (Å²) in [5.41, 5.74) is 0.350. The minimum atomic E-state index is -4.20. The summed E-state index contributed by atoms with van der Waals surface area (Å²) in [6.45, 7) is -0.0813. The third-order valence-electron chi connectivity index (χ3n) is 2.07. The molecule has 0 unspecified atom stereocenters. The number of rotatable bonds is 5. The van der Waals surface area contributed by atoms with Gasteiger partial charge < -0.3 is 4.74 Å². The van der Waals surface area contributed by atoms with Crippen molar-refractivity contribution in [3.63, 3.8) is 0 Å². The van der Waals surface area contributed by atoms with Crippen molar-refractivity contribution in [3.05, 3.63) is 28.2 Å². The van der Waals surface area contributed by atoms with Crippen LogP contribution in [0.2, 0.25) is 0 Å². The molecule has 1 rings (SSSR count). The lowest BCUT2D eigenvalue weighted by atomic mass is 10.1. The molecule has 0 aliphatic rings. The number of hydrogen-bond donors (Lipinski definition) is 0. The zero-order valence-electron chi connectivity index (χ0n) is 9.22. The summed E-state index contributed by atoms with van der Waals surface area (Å²) in [7, 11) is 0. The third-order valence-corrected chi connectivity index (χ3v) is 2.73. The predicted molar refractivity (Wildman–Crippen MR) is 60.6 cm³/mol. The van der Waals surface area contributed by atoms with Crippen molar-refractivity contribution in [2.45, 2.75) is 19.3 Å². The molecule has 0 atom stereocenters. The van der Waals surface area contributed by atoms with Crippen molar-refractivity contribution in [3.8, 4) is 5.75 Å². The first kappa shape index (κ1) is 14.9. The lowest BCUT2D eigenvalue weighted by molar-refractivity contribution is -0.148. The number of alkyl halides is 4. The average Bonchev–Trinajstić information content (AvgIpc) is 2.25. The zero-order valence-corrected chi connectivity index (χ0v) is 10.8. The lowest BCUT2D eigenvalue weighted by Crippen LogP contribution is -2.33. The fourth-order valence-corrected chi connectivity index (χ4v) is 1.75. The minimum Gasteiger partial charge on any atom is -0.487 e. The molecule has 0 heterocycles. The fraction of sp³-hybridized carbons (Fsp3) is 0.364. The second kappa shape index (κ2) is 5.69. The molecule has 0 fully saturated rings. The summed E-state index contributed by atoms with van der Waals surface area (Å²) in [5.74, 6) is -4.44.